The van der Waals surface area contributed by atoms with Gasteiger partial charge in [0.1, 0.15) is 55.0 Å². The van der Waals surface area contributed by atoms with Gasteiger partial charge < -0.3 is 58.2 Å². The van der Waals surface area contributed by atoms with E-state index in [0.29, 0.717) is 64.6 Å². The van der Waals surface area contributed by atoms with Crippen molar-refractivity contribution in [3.05, 3.63) is 185 Å². The summed E-state index contributed by atoms with van der Waals surface area (Å²) in [6.45, 7) is 15.9. The summed E-state index contributed by atoms with van der Waals surface area (Å²) in [5, 5.41) is 33.2. The van der Waals surface area contributed by atoms with Crippen LogP contribution in [0.4, 0.5) is 51.0 Å². The number of piperazine rings is 2. The minimum Gasteiger partial charge on any atom is -0.461 e. The van der Waals surface area contributed by atoms with Gasteiger partial charge in [0, 0.05) is 98.5 Å². The Morgan fingerprint density at radius 2 is 0.927 bits per heavy atom. The highest BCUT2D eigenvalue weighted by atomic mass is 35.5. The van der Waals surface area contributed by atoms with E-state index in [0.717, 1.165) is 75.4 Å². The third kappa shape index (κ3) is 19.6. The summed E-state index contributed by atoms with van der Waals surface area (Å²) in [5.74, 6) is 1.49. The maximum absolute atomic E-state index is 14.7. The fourth-order valence-electron chi connectivity index (χ4n) is 14.8. The molecule has 24 nitrogen and oxygen atoms in total. The number of amides is 4. The molecule has 109 heavy (non-hydrogen) atoms. The van der Waals surface area contributed by atoms with Crippen molar-refractivity contribution in [1.82, 2.24) is 39.5 Å². The second kappa shape index (κ2) is 35.0. The lowest BCUT2D eigenvalue weighted by atomic mass is 10.0. The molecule has 6 aliphatic heterocycles. The molecule has 4 fully saturated rings. The number of ether oxygens (including phenoxy) is 5. The maximum Gasteiger partial charge on any atom is 0.410 e. The van der Waals surface area contributed by atoms with Crippen molar-refractivity contribution in [3.63, 3.8) is 0 Å². The molecule has 4 amide bonds. The Bertz CT molecular complexity index is 4590. The van der Waals surface area contributed by atoms with Crippen LogP contribution in [-0.4, -0.2) is 195 Å². The highest BCUT2D eigenvalue weighted by molar-refractivity contribution is 6.28. The molecule has 27 heteroatoms. The number of likely N-dealkylation sites (tertiary alicyclic amines) is 2. The smallest absolute Gasteiger partial charge is 0.410 e. The minimum atomic E-state index is -1.20. The van der Waals surface area contributed by atoms with Gasteiger partial charge in [-0.05, 0) is 100 Å². The molecule has 0 aliphatic carbocycles. The quantitative estimate of drug-likeness (QED) is 0.0783. The number of halogens is 3. The number of carbonyl (C=O) groups excluding carboxylic acids is 4. The Kier molecular flexibility index (Phi) is 25.0. The van der Waals surface area contributed by atoms with E-state index >= 15 is 0 Å². The normalized spacial score (nSPS) is 19.8. The van der Waals surface area contributed by atoms with Gasteiger partial charge in [0.2, 0.25) is 5.28 Å². The lowest BCUT2D eigenvalue weighted by molar-refractivity contribution is 0.0164. The molecule has 8 heterocycles. The van der Waals surface area contributed by atoms with Gasteiger partial charge in [-0.1, -0.05) is 133 Å². The van der Waals surface area contributed by atoms with Crippen LogP contribution in [0.1, 0.15) is 101 Å². The Morgan fingerprint density at radius 1 is 0.495 bits per heavy atom. The van der Waals surface area contributed by atoms with Crippen LogP contribution < -0.4 is 24.3 Å². The van der Waals surface area contributed by atoms with Gasteiger partial charge in [-0.3, -0.25) is 9.80 Å². The zero-order valence-corrected chi connectivity index (χ0v) is 63.1. The molecule has 8 aromatic rings. The van der Waals surface area contributed by atoms with Crippen LogP contribution in [0.3, 0.4) is 0 Å². The molecular formula is C82H93ClF2N14O10. The molecular weight excluding hydrogens is 1410 g/mol. The second-order valence-electron chi connectivity index (χ2n) is 30.0. The van der Waals surface area contributed by atoms with Crippen molar-refractivity contribution >= 4 is 80.5 Å². The van der Waals surface area contributed by atoms with Crippen LogP contribution in [0, 0.1) is 22.7 Å². The molecule has 2 unspecified atom stereocenters. The lowest BCUT2D eigenvalue weighted by Crippen LogP contribution is -2.55. The molecule has 0 saturated carbocycles. The predicted molar refractivity (Wildman–Crippen MR) is 411 cm³/mol. The topological polar surface area (TPSA) is 260 Å². The number of carbonyl (C=O) groups is 4. The molecule has 1 N–H and O–H groups in total. The molecule has 14 rings (SSSR count). The van der Waals surface area contributed by atoms with Crippen molar-refractivity contribution in [3.8, 4) is 18.1 Å². The van der Waals surface area contributed by atoms with Gasteiger partial charge in [-0.25, -0.2) is 37.9 Å². The van der Waals surface area contributed by atoms with Crippen LogP contribution in [0.15, 0.2) is 146 Å². The first-order valence-corrected chi connectivity index (χ1v) is 37.5. The summed E-state index contributed by atoms with van der Waals surface area (Å²) < 4.78 is 55.9. The number of alkyl halides is 2. The Morgan fingerprint density at radius 3 is 1.39 bits per heavy atom. The van der Waals surface area contributed by atoms with Crippen molar-refractivity contribution in [2.45, 2.75) is 154 Å². The van der Waals surface area contributed by atoms with Gasteiger partial charge in [0.25, 0.3) is 0 Å². The summed E-state index contributed by atoms with van der Waals surface area (Å²) in [6.07, 6.45) is -2.21. The number of aliphatic hydroxyl groups is 1. The average Bonchev–Trinajstić information content (AvgIpc) is 1.49. The molecule has 0 spiro atoms. The largest absolute Gasteiger partial charge is 0.461 e. The highest BCUT2D eigenvalue weighted by Gasteiger charge is 2.42. The van der Waals surface area contributed by atoms with Gasteiger partial charge in [-0.2, -0.15) is 20.5 Å². The zero-order valence-electron chi connectivity index (χ0n) is 62.4. The predicted octanol–water partition coefficient (Wildman–Crippen LogP) is 13.6. The summed E-state index contributed by atoms with van der Waals surface area (Å²) in [7, 11) is 0. The number of rotatable bonds is 14. The number of benzene rings is 6. The number of nitrogens with zero attached hydrogens (tertiary/aromatic N) is 14. The molecule has 6 aliphatic rings. The van der Waals surface area contributed by atoms with Crippen LogP contribution >= 0.6 is 11.6 Å². The average molecular weight is 1510 g/mol. The number of nitriles is 2. The molecule has 0 radical (unpaired) electrons. The van der Waals surface area contributed by atoms with Crippen LogP contribution in [0.5, 0.6) is 6.01 Å². The molecule has 2 aromatic heterocycles. The monoisotopic (exact) mass is 1510 g/mol. The van der Waals surface area contributed by atoms with Crippen LogP contribution in [0.2, 0.25) is 5.28 Å². The van der Waals surface area contributed by atoms with Crippen molar-refractivity contribution < 1.29 is 56.7 Å². The molecule has 6 aromatic carbocycles. The first-order chi connectivity index (χ1) is 52.5. The van der Waals surface area contributed by atoms with Gasteiger partial charge in [-0.15, -0.1) is 0 Å². The first kappa shape index (κ1) is 77.8. The summed E-state index contributed by atoms with van der Waals surface area (Å²) in [5.41, 5.74) is 6.54. The number of fused-ring (bicyclic) bond motifs is 4. The fourth-order valence-corrected chi connectivity index (χ4v) is 15.0. The molecule has 6 atom stereocenters. The van der Waals surface area contributed by atoms with E-state index < -0.39 is 66.0 Å². The van der Waals surface area contributed by atoms with Crippen molar-refractivity contribution in [2.24, 2.45) is 0 Å². The summed E-state index contributed by atoms with van der Waals surface area (Å²) in [6, 6.07) is 51.3. The Hall–Kier alpha value is -10.8. The summed E-state index contributed by atoms with van der Waals surface area (Å²) >= 11 is 6.46. The van der Waals surface area contributed by atoms with Gasteiger partial charge in [0.05, 0.1) is 93.3 Å². The number of anilines is 4. The maximum atomic E-state index is 14.7. The second-order valence-corrected chi connectivity index (χ2v) is 30.3. The van der Waals surface area contributed by atoms with Crippen LogP contribution in [-0.2, 0) is 58.1 Å². The van der Waals surface area contributed by atoms with Gasteiger partial charge in [0.15, 0.2) is 0 Å². The number of aromatic nitrogens is 4. The van der Waals surface area contributed by atoms with Crippen LogP contribution in [0.25, 0.3) is 21.5 Å². The molecule has 572 valence electrons. The lowest BCUT2D eigenvalue weighted by Gasteiger charge is -2.42. The molecule has 4 saturated heterocycles. The van der Waals surface area contributed by atoms with Gasteiger partial charge >= 0.3 is 30.4 Å². The van der Waals surface area contributed by atoms with Crippen molar-refractivity contribution in [1.29, 1.82) is 10.5 Å². The van der Waals surface area contributed by atoms with E-state index in [1.165, 1.54) is 26.3 Å². The van der Waals surface area contributed by atoms with E-state index in [1.54, 1.807) is 51.3 Å². The third-order valence-electron chi connectivity index (χ3n) is 19.9. The van der Waals surface area contributed by atoms with E-state index in [1.807, 2.05) is 72.8 Å². The molecule has 0 bridgehead atoms. The number of hydrogen-bond donors (Lipinski definition) is 1. The van der Waals surface area contributed by atoms with E-state index in [-0.39, 0.29) is 82.5 Å². The Labute approximate surface area is 639 Å². The number of aliphatic hydroxyl groups excluding tert-OH is 1. The van der Waals surface area contributed by atoms with Crippen molar-refractivity contribution in [2.75, 3.05) is 98.3 Å². The Balaban J connectivity index is 0.000000176. The van der Waals surface area contributed by atoms with E-state index in [4.69, 9.17) is 50.4 Å². The highest BCUT2D eigenvalue weighted by Crippen LogP contribution is 2.38. The summed E-state index contributed by atoms with van der Waals surface area (Å²) in [4.78, 5) is 84.8. The third-order valence-corrected chi connectivity index (χ3v) is 20.1. The standard InChI is InChI=1S/C41H46FN7O5.C31H29ClN6O2.C10H18FNO3/c1-41(2,3)54-40(51)49-23-30(42)22-32(49)27-52-38-44-35-25-46(36-15-9-13-29-12-7-8-14-33(29)36)19-17-34(35)37(45-38)47-20-21-48(31(24-47)16-18-43)39(50)53-26-28-10-5-4-6-11-28;32-30-34-27-20-36(28-12-6-10-23-9-4-5-11-25(23)28)16-14-26(27)29(35-30)37-17-18-38(24(19-37)13-15-33)31(39)40-21-22-7-2-1-3-8-22;1-10(2,3)15-9(14)12-5-7(11)4-8(12)6-13/h4-15,30-32H,16-17,19-27H2,1-3H3;1-12,24H,13-14,16-21H2;7-8,13H,4-6H2,1-3H3/t30-,31?,32+;;7-,8+/m1.1/s1. The SMILES string of the molecule is CC(C)(C)OC(=O)N1C[C@H](F)C[C@H]1CO.CC(C)(C)OC(=O)N1C[C@H](F)C[C@H]1COc1nc2c(c(N3CCN(C(=O)OCc4ccccc4)C(CC#N)C3)n1)CCN(c1cccc3ccccc13)C2.N#CCC1CN(c2nc(Cl)nc3c2CCN(c2cccc4ccccc24)C3)CCN1C(=O)OCc1ccccc1. The van der Waals surface area contributed by atoms with E-state index in [9.17, 15) is 38.5 Å². The fraction of sp³-hybridized carbons (Fsp3) is 0.439. The first-order valence-electron chi connectivity index (χ1n) is 37.1. The minimum absolute atomic E-state index is 0.0109. The number of hydrogen-bond acceptors (Lipinski definition) is 20. The van der Waals surface area contributed by atoms with E-state index in [2.05, 4.69) is 115 Å². The zero-order chi connectivity index (χ0) is 76.9.